The van der Waals surface area contributed by atoms with Gasteiger partial charge in [0, 0.05) is 33.5 Å². The lowest BCUT2D eigenvalue weighted by Gasteiger charge is -2.43. The van der Waals surface area contributed by atoms with Crippen LogP contribution < -0.4 is 4.90 Å². The quantitative estimate of drug-likeness (QED) is 0.155. The van der Waals surface area contributed by atoms with Gasteiger partial charge >= 0.3 is 0 Å². The molecular formula is C65H42N2. The summed E-state index contributed by atoms with van der Waals surface area (Å²) in [6.45, 7) is 0. The van der Waals surface area contributed by atoms with Gasteiger partial charge in [-0.25, -0.2) is 0 Å². The third-order valence-electron chi connectivity index (χ3n) is 14.6. The molecule has 0 N–H and O–H groups in total. The summed E-state index contributed by atoms with van der Waals surface area (Å²) in [7, 11) is 0. The van der Waals surface area contributed by atoms with Gasteiger partial charge in [0.15, 0.2) is 0 Å². The summed E-state index contributed by atoms with van der Waals surface area (Å²) in [6.07, 6.45) is 0. The van der Waals surface area contributed by atoms with Crippen LogP contribution in [0.1, 0.15) is 22.3 Å². The number of aromatic nitrogens is 1. The van der Waals surface area contributed by atoms with E-state index in [1.54, 1.807) is 0 Å². The van der Waals surface area contributed by atoms with Crippen LogP contribution in [-0.4, -0.2) is 4.57 Å². The van der Waals surface area contributed by atoms with E-state index >= 15 is 0 Å². The van der Waals surface area contributed by atoms with E-state index in [1.807, 2.05) is 0 Å². The van der Waals surface area contributed by atoms with Crippen molar-refractivity contribution in [2.45, 2.75) is 5.41 Å². The molecule has 2 heteroatoms. The van der Waals surface area contributed by atoms with Crippen LogP contribution in [0.2, 0.25) is 0 Å². The van der Waals surface area contributed by atoms with Gasteiger partial charge in [-0.15, -0.1) is 0 Å². The fraction of sp³-hybridized carbons (Fsp3) is 0.0154. The van der Waals surface area contributed by atoms with E-state index in [0.717, 1.165) is 28.3 Å². The molecule has 1 heterocycles. The third-order valence-corrected chi connectivity index (χ3v) is 14.6. The molecule has 0 fully saturated rings. The third kappa shape index (κ3) is 5.57. The van der Waals surface area contributed by atoms with E-state index in [9.17, 15) is 0 Å². The van der Waals surface area contributed by atoms with E-state index in [2.05, 4.69) is 264 Å². The molecule has 67 heavy (non-hydrogen) atoms. The van der Waals surface area contributed by atoms with Crippen molar-refractivity contribution in [1.29, 1.82) is 0 Å². The highest BCUT2D eigenvalue weighted by Crippen LogP contribution is 2.64. The highest BCUT2D eigenvalue weighted by atomic mass is 15.1. The monoisotopic (exact) mass is 850 g/mol. The van der Waals surface area contributed by atoms with Crippen molar-refractivity contribution in [2.24, 2.45) is 0 Å². The summed E-state index contributed by atoms with van der Waals surface area (Å²) in [5.41, 5.74) is 21.9. The second kappa shape index (κ2) is 14.7. The first-order chi connectivity index (χ1) is 33.2. The standard InChI is InChI=1S/C65H42N2/c1-3-14-43(15-4-1)45-28-33-50(34-29-45)66(53-37-38-55-54-22-7-9-24-58(54)65(61(55)42-53)59-25-12-18-47-19-13-26-60(65)64(47)59)52-21-11-20-48(40-52)46-30-35-51(36-31-46)67-62-27-10-8-23-56(62)57-41-49(32-39-63(57)67)44-16-5-2-6-17-44/h1-42H. The first-order valence-electron chi connectivity index (χ1n) is 23.2. The van der Waals surface area contributed by atoms with Crippen LogP contribution in [0.25, 0.3) is 82.8 Å². The zero-order valence-electron chi connectivity index (χ0n) is 36.6. The Labute approximate surface area is 389 Å². The molecule has 0 aliphatic heterocycles. The Balaban J connectivity index is 0.887. The highest BCUT2D eigenvalue weighted by molar-refractivity contribution is 6.11. The number of hydrogen-bond donors (Lipinski definition) is 0. The normalized spacial score (nSPS) is 12.9. The van der Waals surface area contributed by atoms with Gasteiger partial charge in [0.25, 0.3) is 0 Å². The zero-order chi connectivity index (χ0) is 44.1. The number of para-hydroxylation sites is 1. The fourth-order valence-electron chi connectivity index (χ4n) is 11.6. The molecule has 12 aromatic rings. The predicted molar refractivity (Wildman–Crippen MR) is 280 cm³/mol. The maximum Gasteiger partial charge on any atom is 0.0726 e. The number of nitrogens with zero attached hydrogens (tertiary/aromatic N) is 2. The average Bonchev–Trinajstić information content (AvgIpc) is 3.90. The fourth-order valence-corrected chi connectivity index (χ4v) is 11.6. The maximum absolute atomic E-state index is 2.48. The van der Waals surface area contributed by atoms with Crippen molar-refractivity contribution < 1.29 is 0 Å². The summed E-state index contributed by atoms with van der Waals surface area (Å²) in [6, 6.07) is 94.0. The average molecular weight is 851 g/mol. The molecular weight excluding hydrogens is 809 g/mol. The van der Waals surface area contributed by atoms with Gasteiger partial charge < -0.3 is 9.47 Å². The number of rotatable bonds is 7. The van der Waals surface area contributed by atoms with Crippen LogP contribution in [0.5, 0.6) is 0 Å². The highest BCUT2D eigenvalue weighted by Gasteiger charge is 2.53. The molecule has 2 nitrogen and oxygen atoms in total. The van der Waals surface area contributed by atoms with Gasteiger partial charge in [0.2, 0.25) is 0 Å². The smallest absolute Gasteiger partial charge is 0.0726 e. The molecule has 0 saturated heterocycles. The Morgan fingerprint density at radius 1 is 0.299 bits per heavy atom. The van der Waals surface area contributed by atoms with E-state index < -0.39 is 0 Å². The van der Waals surface area contributed by atoms with Crippen molar-refractivity contribution in [3.63, 3.8) is 0 Å². The largest absolute Gasteiger partial charge is 0.310 e. The van der Waals surface area contributed by atoms with E-state index in [-0.39, 0.29) is 5.41 Å². The van der Waals surface area contributed by atoms with E-state index in [0.29, 0.717) is 0 Å². The van der Waals surface area contributed by atoms with Crippen molar-refractivity contribution in [2.75, 3.05) is 4.90 Å². The van der Waals surface area contributed by atoms with Crippen LogP contribution in [0, 0.1) is 0 Å². The Morgan fingerprint density at radius 2 is 0.821 bits per heavy atom. The van der Waals surface area contributed by atoms with E-state index in [4.69, 9.17) is 0 Å². The van der Waals surface area contributed by atoms with Gasteiger partial charge in [-0.3, -0.25) is 0 Å². The van der Waals surface area contributed by atoms with Gasteiger partial charge in [0.05, 0.1) is 16.4 Å². The van der Waals surface area contributed by atoms with Crippen LogP contribution in [0.4, 0.5) is 17.1 Å². The van der Waals surface area contributed by atoms with Gasteiger partial charge in [-0.2, -0.15) is 0 Å². The summed E-state index contributed by atoms with van der Waals surface area (Å²) < 4.78 is 2.40. The molecule has 0 bridgehead atoms. The minimum atomic E-state index is -0.328. The van der Waals surface area contributed by atoms with Crippen LogP contribution >= 0.6 is 0 Å². The number of fused-ring (bicyclic) bond motifs is 10. The molecule has 0 unspecified atom stereocenters. The SMILES string of the molecule is c1ccc(-c2ccc(N(c3cccc(-c4ccc(-n5c6ccccc6c6cc(-c7ccccc7)ccc65)cc4)c3)c3ccc4c(c3)C3(c5ccccc5-4)c4cccc5cccc3c45)cc2)cc1. The second-order valence-electron chi connectivity index (χ2n) is 18.0. The molecule has 0 atom stereocenters. The Morgan fingerprint density at radius 3 is 1.60 bits per heavy atom. The molecule has 312 valence electrons. The molecule has 14 rings (SSSR count). The number of anilines is 3. The summed E-state index contributed by atoms with van der Waals surface area (Å²) in [5.74, 6) is 0. The molecule has 11 aromatic carbocycles. The van der Waals surface area contributed by atoms with Crippen molar-refractivity contribution in [3.05, 3.63) is 277 Å². The molecule has 2 aliphatic rings. The minimum absolute atomic E-state index is 0.328. The first kappa shape index (κ1) is 37.6. The molecule has 1 aromatic heterocycles. The summed E-state index contributed by atoms with van der Waals surface area (Å²) >= 11 is 0. The lowest BCUT2D eigenvalue weighted by molar-refractivity contribution is 0.745. The lowest BCUT2D eigenvalue weighted by Crippen LogP contribution is -2.36. The Kier molecular flexibility index (Phi) is 8.23. The van der Waals surface area contributed by atoms with Crippen molar-refractivity contribution in [3.8, 4) is 50.2 Å². The first-order valence-corrected chi connectivity index (χ1v) is 23.2. The molecule has 0 amide bonds. The maximum atomic E-state index is 2.48. The van der Waals surface area contributed by atoms with Gasteiger partial charge in [-0.05, 0) is 144 Å². The van der Waals surface area contributed by atoms with E-state index in [1.165, 1.54) is 93.8 Å². The minimum Gasteiger partial charge on any atom is -0.310 e. The summed E-state index contributed by atoms with van der Waals surface area (Å²) in [5, 5.41) is 5.20. The number of benzene rings is 11. The summed E-state index contributed by atoms with van der Waals surface area (Å²) in [4.78, 5) is 2.44. The zero-order valence-corrected chi connectivity index (χ0v) is 36.6. The lowest BCUT2D eigenvalue weighted by atomic mass is 9.58. The Bertz CT molecular complexity index is 3860. The number of hydrogen-bond acceptors (Lipinski definition) is 1. The molecule has 0 saturated carbocycles. The molecule has 0 radical (unpaired) electrons. The Hall–Kier alpha value is -8.72. The second-order valence-corrected chi connectivity index (χ2v) is 18.0. The van der Waals surface area contributed by atoms with Crippen LogP contribution in [0.15, 0.2) is 255 Å². The van der Waals surface area contributed by atoms with Crippen molar-refractivity contribution in [1.82, 2.24) is 4.57 Å². The van der Waals surface area contributed by atoms with Crippen LogP contribution in [-0.2, 0) is 5.41 Å². The van der Waals surface area contributed by atoms with Gasteiger partial charge in [0.1, 0.15) is 0 Å². The van der Waals surface area contributed by atoms with Crippen molar-refractivity contribution >= 4 is 49.6 Å². The topological polar surface area (TPSA) is 8.17 Å². The molecule has 1 spiro atoms. The van der Waals surface area contributed by atoms with Crippen LogP contribution in [0.3, 0.4) is 0 Å². The van der Waals surface area contributed by atoms with Gasteiger partial charge in [-0.1, -0.05) is 188 Å². The predicted octanol–water partition coefficient (Wildman–Crippen LogP) is 17.1. The molecule has 2 aliphatic carbocycles.